The minimum atomic E-state index is -3.93. The van der Waals surface area contributed by atoms with E-state index >= 15 is 0 Å². The summed E-state index contributed by atoms with van der Waals surface area (Å²) >= 11 is 12.9. The third-order valence-electron chi connectivity index (χ3n) is 22.9. The molecule has 4 bridgehead atoms. The molecule has 2 amide bonds. The van der Waals surface area contributed by atoms with E-state index in [4.69, 9.17) is 42.1 Å². The number of hydrogen-bond donors (Lipinski definition) is 2. The lowest BCUT2D eigenvalue weighted by Crippen LogP contribution is -2.53. The molecular weight excluding hydrogens is 1260 g/mol. The average molecular weight is 1360 g/mol. The van der Waals surface area contributed by atoms with Crippen molar-refractivity contribution in [3.8, 4) is 11.5 Å². The van der Waals surface area contributed by atoms with Gasteiger partial charge < -0.3 is 28.7 Å². The molecule has 2 fully saturated rings. The minimum absolute atomic E-state index is 0.208. The summed E-state index contributed by atoms with van der Waals surface area (Å²) in [6, 6.07) is 23.2. The Labute approximate surface area is 569 Å². The van der Waals surface area contributed by atoms with E-state index in [9.17, 15) is 26.4 Å². The van der Waals surface area contributed by atoms with E-state index in [1.54, 1.807) is 26.0 Å². The summed E-state index contributed by atoms with van der Waals surface area (Å²) in [5.74, 6) is 1.02. The number of rotatable bonds is 6. The standard InChI is InChI=1S/2C38H49ClN2O5S/c2*1-25(2)16-19-38(45-5)18-6-8-26(3)27(4)47(43,44)40-36(42)29-11-15-35-34(21-29)41(22-30-10-13-33(30)38)23-37(24-46-35)17-7-9-28-20-31(39)12-14-32(28)37/h2*6,11-12,14-16,18,20-21,26-27,30,33H,7-10,13,17,19,22-24H2,1-5H3,(H,40,42)/b2*18-6+/t26-,27+,30-,33+,37-,38+;26-,27+,30-,33+,37-,38-/m00/s1. The fraction of sp³-hybridized carbons (Fsp3) is 0.553. The molecule has 0 radical (unpaired) electrons. The highest BCUT2D eigenvalue weighted by molar-refractivity contribution is 7.91. The monoisotopic (exact) mass is 1360 g/mol. The number of anilines is 2. The highest BCUT2D eigenvalue weighted by Crippen LogP contribution is 2.53. The van der Waals surface area contributed by atoms with Crippen LogP contribution in [0.3, 0.4) is 0 Å². The van der Waals surface area contributed by atoms with E-state index in [1.165, 1.54) is 33.4 Å². The summed E-state index contributed by atoms with van der Waals surface area (Å²) in [5.41, 5.74) is 8.33. The topological polar surface area (TPSA) is 170 Å². The molecule has 94 heavy (non-hydrogen) atoms. The number of methoxy groups -OCH3 is 2. The quantitative estimate of drug-likeness (QED) is 0.175. The first-order valence-electron chi connectivity index (χ1n) is 34.2. The van der Waals surface area contributed by atoms with E-state index < -0.39 is 53.6 Å². The van der Waals surface area contributed by atoms with Gasteiger partial charge in [0.15, 0.2) is 0 Å². The SMILES string of the molecule is CO[C@@]1(CC=C(C)C)/C=C/C[C@H](C)[C@@H](C)S(=O)(=O)NC(=O)c2ccc3c(c2)N(C[C@@H]2CC[C@H]21)C[C@@]1(CCCc2cc(Cl)ccc21)CO3.CO[C@]1(CC=C(C)C)/C=C/C[C@H](C)[C@@H](C)S(=O)(=O)NC(=O)c2ccc3c(c2)N(C[C@@H]2CC[C@H]21)C[C@@]1(CCCc2cc(Cl)ccc21)CO3. The lowest BCUT2D eigenvalue weighted by Gasteiger charge is -2.50. The van der Waals surface area contributed by atoms with Crippen LogP contribution in [-0.2, 0) is 53.2 Å². The maximum Gasteiger partial charge on any atom is 0.264 e. The molecule has 2 saturated carbocycles. The van der Waals surface area contributed by atoms with Gasteiger partial charge in [0.25, 0.3) is 11.8 Å². The Hall–Kier alpha value is -5.62. The van der Waals surface area contributed by atoms with Gasteiger partial charge in [0.05, 0.1) is 46.3 Å². The summed E-state index contributed by atoms with van der Waals surface area (Å²) in [4.78, 5) is 31.9. The van der Waals surface area contributed by atoms with Crippen LogP contribution in [0.5, 0.6) is 11.5 Å². The average Bonchev–Trinajstić information content (AvgIpc) is 1.46. The van der Waals surface area contributed by atoms with Crippen LogP contribution in [0.15, 0.2) is 120 Å². The number of hydrogen-bond acceptors (Lipinski definition) is 12. The Kier molecular flexibility index (Phi) is 20.8. The van der Waals surface area contributed by atoms with Gasteiger partial charge in [-0.05, 0) is 250 Å². The lowest BCUT2D eigenvalue weighted by molar-refractivity contribution is -0.0731. The van der Waals surface area contributed by atoms with Crippen molar-refractivity contribution in [3.05, 3.63) is 164 Å². The minimum Gasteiger partial charge on any atom is -0.490 e. The molecule has 18 heteroatoms. The molecule has 0 unspecified atom stereocenters. The van der Waals surface area contributed by atoms with Crippen molar-refractivity contribution in [2.24, 2.45) is 35.5 Å². The number of allylic oxidation sites excluding steroid dienone is 4. The molecule has 0 aromatic heterocycles. The summed E-state index contributed by atoms with van der Waals surface area (Å²) < 4.78 is 84.7. The predicted molar refractivity (Wildman–Crippen MR) is 378 cm³/mol. The Morgan fingerprint density at radius 3 is 1.35 bits per heavy atom. The van der Waals surface area contributed by atoms with Crippen LogP contribution in [0.2, 0.25) is 10.0 Å². The van der Waals surface area contributed by atoms with Crippen molar-refractivity contribution in [1.82, 2.24) is 9.44 Å². The number of nitrogens with one attached hydrogen (secondary N) is 2. The number of carbonyl (C=O) groups excluding carboxylic acids is 2. The lowest BCUT2D eigenvalue weighted by atomic mass is 9.62. The number of aryl methyl sites for hydroxylation is 2. The fourth-order valence-corrected chi connectivity index (χ4v) is 19.4. The van der Waals surface area contributed by atoms with Crippen LogP contribution < -0.4 is 28.7 Å². The van der Waals surface area contributed by atoms with Crippen molar-refractivity contribution in [2.45, 2.75) is 178 Å². The molecule has 4 aromatic carbocycles. The first kappa shape index (κ1) is 69.7. The molecule has 4 aliphatic heterocycles. The molecule has 14 nitrogen and oxygen atoms in total. The van der Waals surface area contributed by atoms with Gasteiger partial charge in [0, 0.05) is 72.4 Å². The second kappa shape index (κ2) is 28.1. The largest absolute Gasteiger partial charge is 0.490 e. The molecule has 4 heterocycles. The van der Waals surface area contributed by atoms with Crippen LogP contribution in [0.4, 0.5) is 11.4 Å². The van der Waals surface area contributed by atoms with Gasteiger partial charge in [0.1, 0.15) is 11.5 Å². The third-order valence-corrected chi connectivity index (χ3v) is 27.2. The Morgan fingerprint density at radius 2 is 0.989 bits per heavy atom. The van der Waals surface area contributed by atoms with Gasteiger partial charge in [-0.3, -0.25) is 9.59 Å². The number of nitrogens with zero attached hydrogens (tertiary/aromatic N) is 2. The maximum absolute atomic E-state index is 13.5. The number of ether oxygens (including phenoxy) is 4. The predicted octanol–water partition coefficient (Wildman–Crippen LogP) is 15.2. The van der Waals surface area contributed by atoms with E-state index in [2.05, 4.69) is 108 Å². The normalized spacial score (nSPS) is 32.5. The van der Waals surface area contributed by atoms with Gasteiger partial charge in [0.2, 0.25) is 20.0 Å². The molecule has 12 atom stereocenters. The highest BCUT2D eigenvalue weighted by atomic mass is 35.5. The van der Waals surface area contributed by atoms with Crippen LogP contribution in [0.25, 0.3) is 0 Å². The van der Waals surface area contributed by atoms with Crippen LogP contribution in [0, 0.1) is 35.5 Å². The Balaban J connectivity index is 0.000000192. The van der Waals surface area contributed by atoms with Crippen molar-refractivity contribution >= 4 is 66.4 Å². The molecular formula is C76H98Cl2N4O10S2. The maximum atomic E-state index is 13.5. The Morgan fingerprint density at radius 1 is 0.585 bits per heavy atom. The van der Waals surface area contributed by atoms with Crippen LogP contribution in [-0.4, -0.2) is 104 Å². The Bertz CT molecular complexity index is 3620. The molecule has 8 aliphatic rings. The van der Waals surface area contributed by atoms with E-state index in [0.717, 1.165) is 125 Å². The summed E-state index contributed by atoms with van der Waals surface area (Å²) in [5, 5.41) is -0.0441. The fourth-order valence-electron chi connectivity index (χ4n) is 16.5. The zero-order valence-corrected chi connectivity index (χ0v) is 59.8. The van der Waals surface area contributed by atoms with E-state index in [-0.39, 0.29) is 34.5 Å². The van der Waals surface area contributed by atoms with Gasteiger partial charge in [-0.2, -0.15) is 0 Å². The zero-order chi connectivity index (χ0) is 67.1. The van der Waals surface area contributed by atoms with E-state index in [1.807, 2.05) is 64.5 Å². The highest BCUT2D eigenvalue weighted by Gasteiger charge is 2.51. The molecule has 12 rings (SSSR count). The number of fused-ring (bicyclic) bond motifs is 8. The van der Waals surface area contributed by atoms with Crippen LogP contribution in [0.1, 0.15) is 175 Å². The second-order valence-electron chi connectivity index (χ2n) is 29.3. The van der Waals surface area contributed by atoms with E-state index in [0.29, 0.717) is 60.5 Å². The molecule has 508 valence electrons. The van der Waals surface area contributed by atoms with Gasteiger partial charge in [-0.15, -0.1) is 0 Å². The smallest absolute Gasteiger partial charge is 0.264 e. The number of carbonyl (C=O) groups is 2. The first-order chi connectivity index (χ1) is 44.7. The van der Waals surface area contributed by atoms with Crippen molar-refractivity contribution in [2.75, 3.05) is 63.4 Å². The summed E-state index contributed by atoms with van der Waals surface area (Å²) in [6.45, 7) is 19.7. The molecule has 4 aliphatic carbocycles. The molecule has 4 aromatic rings. The van der Waals surface area contributed by atoms with Gasteiger partial charge in [-0.25, -0.2) is 26.3 Å². The number of amides is 2. The summed E-state index contributed by atoms with van der Waals surface area (Å²) in [7, 11) is -4.24. The zero-order valence-electron chi connectivity index (χ0n) is 56.7. The number of halogens is 2. The van der Waals surface area contributed by atoms with Crippen molar-refractivity contribution in [1.29, 1.82) is 0 Å². The second-order valence-corrected chi connectivity index (χ2v) is 34.3. The first-order valence-corrected chi connectivity index (χ1v) is 38.0. The number of benzene rings is 4. The third kappa shape index (κ3) is 14.2. The number of sulfonamides is 2. The summed E-state index contributed by atoms with van der Waals surface area (Å²) in [6.07, 6.45) is 26.0. The van der Waals surface area contributed by atoms with Crippen molar-refractivity contribution < 1.29 is 45.4 Å². The van der Waals surface area contributed by atoms with Gasteiger partial charge >= 0.3 is 0 Å². The molecule has 2 N–H and O–H groups in total. The molecule has 0 saturated heterocycles. The molecule has 2 spiro atoms. The van der Waals surface area contributed by atoms with Crippen molar-refractivity contribution in [3.63, 3.8) is 0 Å². The van der Waals surface area contributed by atoms with Crippen LogP contribution >= 0.6 is 23.2 Å². The van der Waals surface area contributed by atoms with Gasteiger partial charge in [-0.1, -0.05) is 96.8 Å².